The van der Waals surface area contributed by atoms with Gasteiger partial charge in [0.15, 0.2) is 10.7 Å². The molecule has 0 N–H and O–H groups in total. The maximum Gasteiger partial charge on any atom is 0.254 e. The van der Waals surface area contributed by atoms with E-state index in [1.165, 1.54) is 0 Å². The van der Waals surface area contributed by atoms with Crippen molar-refractivity contribution in [1.82, 2.24) is 19.6 Å². The summed E-state index contributed by atoms with van der Waals surface area (Å²) in [4.78, 5) is 17.3. The van der Waals surface area contributed by atoms with Gasteiger partial charge < -0.3 is 4.90 Å². The van der Waals surface area contributed by atoms with Gasteiger partial charge in [0.2, 0.25) is 0 Å². The van der Waals surface area contributed by atoms with Gasteiger partial charge >= 0.3 is 0 Å². The van der Waals surface area contributed by atoms with Gasteiger partial charge in [-0.25, -0.2) is 0 Å². The van der Waals surface area contributed by atoms with Crippen molar-refractivity contribution in [2.45, 2.75) is 25.9 Å². The number of carbonyl (C=O) groups excluding carboxylic acids is 1. The Bertz CT molecular complexity index is 609. The first-order valence-corrected chi connectivity index (χ1v) is 7.68. The fraction of sp³-hybridized carbons (Fsp3) is 0.385. The van der Waals surface area contributed by atoms with Gasteiger partial charge in [-0.05, 0) is 19.9 Å². The number of allylic oxidation sites excluding steroid dienone is 2. The van der Waals surface area contributed by atoms with Crippen LogP contribution in [0.3, 0.4) is 0 Å². The van der Waals surface area contributed by atoms with Crippen LogP contribution in [0.4, 0.5) is 0 Å². The van der Waals surface area contributed by atoms with Crippen molar-refractivity contribution >= 4 is 29.3 Å². The third-order valence-corrected chi connectivity index (χ3v) is 4.67. The van der Waals surface area contributed by atoms with Crippen molar-refractivity contribution < 1.29 is 4.79 Å². The molecule has 0 spiro atoms. The van der Waals surface area contributed by atoms with Crippen LogP contribution in [0, 0.1) is 0 Å². The van der Waals surface area contributed by atoms with Crippen molar-refractivity contribution in [1.29, 1.82) is 0 Å². The van der Waals surface area contributed by atoms with Crippen LogP contribution in [0.5, 0.6) is 0 Å². The van der Waals surface area contributed by atoms with Crippen LogP contribution in [0.15, 0.2) is 35.1 Å². The monoisotopic (exact) mass is 310 g/mol. The number of halogens is 1. The molecule has 5 nitrogen and oxygen atoms in total. The summed E-state index contributed by atoms with van der Waals surface area (Å²) in [5.74, 6) is 0.0253. The van der Waals surface area contributed by atoms with Gasteiger partial charge in [-0.15, -0.1) is 0 Å². The summed E-state index contributed by atoms with van der Waals surface area (Å²) in [6.07, 6.45) is 5.42. The van der Waals surface area contributed by atoms with Crippen molar-refractivity contribution in [2.24, 2.45) is 0 Å². The lowest BCUT2D eigenvalue weighted by Crippen LogP contribution is -2.48. The zero-order valence-electron chi connectivity index (χ0n) is 11.3. The lowest BCUT2D eigenvalue weighted by atomic mass is 10.2. The van der Waals surface area contributed by atoms with Crippen LogP contribution in [-0.4, -0.2) is 37.5 Å². The Morgan fingerprint density at radius 3 is 2.95 bits per heavy atom. The second-order valence-corrected chi connectivity index (χ2v) is 6.38. The molecule has 0 saturated carbocycles. The largest absolute Gasteiger partial charge is 0.344 e. The molecule has 3 heterocycles. The number of likely N-dealkylation sites (N-methyl/N-ethyl adjacent to an activating group) is 1. The van der Waals surface area contributed by atoms with E-state index in [1.54, 1.807) is 33.5 Å². The Morgan fingerprint density at radius 2 is 2.30 bits per heavy atom. The highest BCUT2D eigenvalue weighted by molar-refractivity contribution is 8.03. The second-order valence-electron chi connectivity index (χ2n) is 4.69. The zero-order chi connectivity index (χ0) is 14.3. The maximum atomic E-state index is 12.2. The Labute approximate surface area is 126 Å². The van der Waals surface area contributed by atoms with Crippen molar-refractivity contribution in [2.75, 3.05) is 6.54 Å². The number of carbonyl (C=O) groups is 1. The standard InChI is InChI=1S/C13H15ClN4OS/c1-3-17-10(8-16-5-4-11(14)15-16)6-12(19)18-7-9(2)20-13(17)18/h4-7,13H,3,8H2,1-2H3. The first-order valence-electron chi connectivity index (χ1n) is 6.42. The average molecular weight is 311 g/mol. The van der Waals surface area contributed by atoms with Gasteiger partial charge in [0.25, 0.3) is 5.91 Å². The molecule has 1 atom stereocenters. The number of aromatic nitrogens is 2. The quantitative estimate of drug-likeness (QED) is 0.860. The van der Waals surface area contributed by atoms with E-state index in [-0.39, 0.29) is 11.4 Å². The van der Waals surface area contributed by atoms with Gasteiger partial charge in [0.05, 0.1) is 6.54 Å². The summed E-state index contributed by atoms with van der Waals surface area (Å²) >= 11 is 7.53. The summed E-state index contributed by atoms with van der Waals surface area (Å²) in [6, 6.07) is 1.74. The highest BCUT2D eigenvalue weighted by Gasteiger charge is 2.37. The van der Waals surface area contributed by atoms with E-state index in [0.717, 1.165) is 17.1 Å². The van der Waals surface area contributed by atoms with E-state index in [0.29, 0.717) is 11.7 Å². The summed E-state index contributed by atoms with van der Waals surface area (Å²) in [6.45, 7) is 5.50. The molecular formula is C13H15ClN4OS. The summed E-state index contributed by atoms with van der Waals surface area (Å²) in [7, 11) is 0. The molecule has 0 radical (unpaired) electrons. The molecule has 0 bridgehead atoms. The van der Waals surface area contributed by atoms with Crippen LogP contribution in [0.25, 0.3) is 0 Å². The number of rotatable bonds is 3. The molecule has 3 rings (SSSR count). The molecule has 2 aliphatic heterocycles. The molecule has 7 heteroatoms. The fourth-order valence-electron chi connectivity index (χ4n) is 2.43. The van der Waals surface area contributed by atoms with Crippen LogP contribution in [0.1, 0.15) is 13.8 Å². The van der Waals surface area contributed by atoms with Gasteiger partial charge in [0.1, 0.15) is 0 Å². The average Bonchev–Trinajstić information content (AvgIpc) is 2.96. The molecule has 0 saturated heterocycles. The summed E-state index contributed by atoms with van der Waals surface area (Å²) in [5, 5.41) is 4.63. The fourth-order valence-corrected chi connectivity index (χ4v) is 3.78. The predicted octanol–water partition coefficient (Wildman–Crippen LogP) is 2.48. The molecule has 2 aliphatic rings. The second kappa shape index (κ2) is 5.18. The normalized spacial score (nSPS) is 21.9. The summed E-state index contributed by atoms with van der Waals surface area (Å²) < 4.78 is 1.75. The molecule has 20 heavy (non-hydrogen) atoms. The first kappa shape index (κ1) is 13.6. The van der Waals surface area contributed by atoms with Crippen LogP contribution in [0.2, 0.25) is 5.15 Å². The minimum atomic E-state index is 0.0253. The molecule has 1 aromatic heterocycles. The Balaban J connectivity index is 1.87. The number of hydrogen-bond donors (Lipinski definition) is 0. The molecule has 1 aromatic rings. The highest BCUT2D eigenvalue weighted by atomic mass is 35.5. The Morgan fingerprint density at radius 1 is 1.50 bits per heavy atom. The molecule has 0 aromatic carbocycles. The Hall–Kier alpha value is -1.40. The van der Waals surface area contributed by atoms with E-state index >= 15 is 0 Å². The lowest BCUT2D eigenvalue weighted by Gasteiger charge is -2.39. The zero-order valence-corrected chi connectivity index (χ0v) is 12.9. The molecule has 0 aliphatic carbocycles. The van der Waals surface area contributed by atoms with Crippen LogP contribution in [-0.2, 0) is 11.3 Å². The third-order valence-electron chi connectivity index (χ3n) is 3.30. The molecule has 1 unspecified atom stereocenters. The number of amides is 1. The Kier molecular flexibility index (Phi) is 3.52. The van der Waals surface area contributed by atoms with Gasteiger partial charge in [-0.3, -0.25) is 14.4 Å². The maximum absolute atomic E-state index is 12.2. The minimum absolute atomic E-state index is 0.0253. The van der Waals surface area contributed by atoms with Crippen molar-refractivity contribution in [3.63, 3.8) is 0 Å². The van der Waals surface area contributed by atoms with Gasteiger partial charge in [0, 0.05) is 35.6 Å². The van der Waals surface area contributed by atoms with E-state index in [9.17, 15) is 4.79 Å². The molecule has 1 amide bonds. The SMILES string of the molecule is CCN1C(Cn2ccc(Cl)n2)=CC(=O)N2C=C(C)SC21. The van der Waals surface area contributed by atoms with Gasteiger partial charge in [-0.1, -0.05) is 23.4 Å². The number of thioether (sulfide) groups is 1. The topological polar surface area (TPSA) is 41.4 Å². The number of nitrogens with zero attached hydrogens (tertiary/aromatic N) is 4. The predicted molar refractivity (Wildman–Crippen MR) is 79.7 cm³/mol. The minimum Gasteiger partial charge on any atom is -0.344 e. The molecule has 106 valence electrons. The molecule has 0 fully saturated rings. The van der Waals surface area contributed by atoms with E-state index in [2.05, 4.69) is 16.9 Å². The van der Waals surface area contributed by atoms with Crippen LogP contribution >= 0.6 is 23.4 Å². The number of fused-ring (bicyclic) bond motifs is 1. The smallest absolute Gasteiger partial charge is 0.254 e. The van der Waals surface area contributed by atoms with E-state index < -0.39 is 0 Å². The van der Waals surface area contributed by atoms with Crippen molar-refractivity contribution in [3.8, 4) is 0 Å². The number of hydrogen-bond acceptors (Lipinski definition) is 4. The highest BCUT2D eigenvalue weighted by Crippen LogP contribution is 2.38. The van der Waals surface area contributed by atoms with Crippen molar-refractivity contribution in [3.05, 3.63) is 40.3 Å². The first-order chi connectivity index (χ1) is 9.58. The lowest BCUT2D eigenvalue weighted by molar-refractivity contribution is -0.127. The van der Waals surface area contributed by atoms with E-state index in [1.807, 2.05) is 19.3 Å². The summed E-state index contributed by atoms with van der Waals surface area (Å²) in [5.41, 5.74) is 0.993. The third kappa shape index (κ3) is 2.33. The van der Waals surface area contributed by atoms with E-state index in [4.69, 9.17) is 11.6 Å². The van der Waals surface area contributed by atoms with Gasteiger partial charge in [-0.2, -0.15) is 5.10 Å². The van der Waals surface area contributed by atoms with Crippen LogP contribution < -0.4 is 0 Å². The molecular weight excluding hydrogens is 296 g/mol.